The van der Waals surface area contributed by atoms with Crippen LogP contribution in [0.3, 0.4) is 0 Å². The van der Waals surface area contributed by atoms with Gasteiger partial charge in [-0.05, 0) is 52.9 Å². The summed E-state index contributed by atoms with van der Waals surface area (Å²) in [6.45, 7) is 6.74. The second-order valence-corrected chi connectivity index (χ2v) is 6.42. The fourth-order valence-corrected chi connectivity index (χ4v) is 3.23. The number of hydrogen-bond donors (Lipinski definition) is 1. The van der Waals surface area contributed by atoms with E-state index in [1.165, 1.54) is 31.5 Å². The van der Waals surface area contributed by atoms with Crippen LogP contribution < -0.4 is 10.1 Å². The first-order valence-corrected chi connectivity index (χ1v) is 7.29. The van der Waals surface area contributed by atoms with Crippen LogP contribution in [0, 0.1) is 0 Å². The lowest BCUT2D eigenvalue weighted by molar-refractivity contribution is 0.0844. The Morgan fingerprint density at radius 1 is 1.21 bits per heavy atom. The molecular weight excluding hydrogens is 236 g/mol. The molecule has 1 saturated heterocycles. The van der Waals surface area contributed by atoms with E-state index in [0.29, 0.717) is 12.1 Å². The molecule has 0 spiro atoms. The fraction of sp³-hybridized carbons (Fsp3) is 0.625. The molecule has 1 aromatic carbocycles. The summed E-state index contributed by atoms with van der Waals surface area (Å²) in [7, 11) is 2.20. The number of fused-ring (bicyclic) bond motifs is 1. The minimum Gasteiger partial charge on any atom is -0.486 e. The molecule has 1 aromatic rings. The number of piperidine rings is 1. The number of benzene rings is 1. The van der Waals surface area contributed by atoms with Crippen LogP contribution in [-0.4, -0.2) is 36.7 Å². The number of likely N-dealkylation sites (tertiary alicyclic amines) is 1. The molecule has 3 rings (SSSR count). The lowest BCUT2D eigenvalue weighted by Crippen LogP contribution is -2.47. The van der Waals surface area contributed by atoms with E-state index < -0.39 is 0 Å². The monoisotopic (exact) mass is 260 g/mol. The van der Waals surface area contributed by atoms with Crippen molar-refractivity contribution in [1.82, 2.24) is 10.2 Å². The maximum atomic E-state index is 6.10. The molecule has 0 saturated carbocycles. The number of rotatable bonds is 2. The van der Waals surface area contributed by atoms with Gasteiger partial charge in [0.15, 0.2) is 0 Å². The Bertz CT molecular complexity index is 450. The van der Waals surface area contributed by atoms with Crippen LogP contribution in [-0.2, 0) is 0 Å². The second kappa shape index (κ2) is 4.80. The summed E-state index contributed by atoms with van der Waals surface area (Å²) in [5, 5.41) is 3.83. The van der Waals surface area contributed by atoms with Gasteiger partial charge >= 0.3 is 0 Å². The van der Waals surface area contributed by atoms with E-state index in [1.54, 1.807) is 0 Å². The van der Waals surface area contributed by atoms with E-state index in [4.69, 9.17) is 4.74 Å². The van der Waals surface area contributed by atoms with E-state index in [1.807, 2.05) is 6.07 Å². The van der Waals surface area contributed by atoms with Crippen LogP contribution in [0.4, 0.5) is 0 Å². The molecule has 2 heterocycles. The molecule has 19 heavy (non-hydrogen) atoms. The maximum Gasteiger partial charge on any atom is 0.125 e. The lowest BCUT2D eigenvalue weighted by Gasteiger charge is -2.35. The van der Waals surface area contributed by atoms with E-state index in [9.17, 15) is 0 Å². The normalized spacial score (nSPS) is 27.0. The highest BCUT2D eigenvalue weighted by Gasteiger charge is 2.41. The molecule has 1 N–H and O–H groups in total. The topological polar surface area (TPSA) is 24.5 Å². The number of nitrogens with zero attached hydrogens (tertiary/aromatic N) is 1. The fourth-order valence-electron chi connectivity index (χ4n) is 3.23. The van der Waals surface area contributed by atoms with Gasteiger partial charge in [-0.25, -0.2) is 0 Å². The smallest absolute Gasteiger partial charge is 0.125 e. The predicted molar refractivity (Wildman–Crippen MR) is 77.5 cm³/mol. The van der Waals surface area contributed by atoms with Gasteiger partial charge in [0.05, 0.1) is 6.04 Å². The van der Waals surface area contributed by atoms with Gasteiger partial charge in [0, 0.05) is 11.6 Å². The van der Waals surface area contributed by atoms with E-state index in [2.05, 4.69) is 49.3 Å². The summed E-state index contributed by atoms with van der Waals surface area (Å²) >= 11 is 0. The molecule has 104 valence electrons. The molecule has 3 heteroatoms. The molecule has 2 aliphatic rings. The zero-order valence-electron chi connectivity index (χ0n) is 12.1. The highest BCUT2D eigenvalue weighted by Crippen LogP contribution is 2.43. The first-order chi connectivity index (χ1) is 9.06. The second-order valence-electron chi connectivity index (χ2n) is 6.42. The number of hydrogen-bond acceptors (Lipinski definition) is 3. The number of para-hydroxylation sites is 1. The Balaban J connectivity index is 1.76. The molecule has 0 aliphatic carbocycles. The quantitative estimate of drug-likeness (QED) is 0.884. The third-order valence-corrected chi connectivity index (χ3v) is 4.42. The molecule has 1 unspecified atom stereocenters. The largest absolute Gasteiger partial charge is 0.486 e. The van der Waals surface area contributed by atoms with Crippen molar-refractivity contribution >= 4 is 0 Å². The Morgan fingerprint density at radius 2 is 1.89 bits per heavy atom. The number of nitrogens with one attached hydrogen (secondary N) is 1. The van der Waals surface area contributed by atoms with Crippen LogP contribution in [0.1, 0.15) is 38.3 Å². The summed E-state index contributed by atoms with van der Waals surface area (Å²) in [5.74, 6) is 1.04. The van der Waals surface area contributed by atoms with Gasteiger partial charge in [0.1, 0.15) is 11.4 Å². The average Bonchev–Trinajstić information content (AvgIpc) is 2.63. The van der Waals surface area contributed by atoms with Crippen LogP contribution in [0.2, 0.25) is 0 Å². The lowest BCUT2D eigenvalue weighted by atomic mass is 9.92. The standard InChI is InChI=1S/C16H24N2O/c1-16(2)15(13-6-4-5-7-14(13)19-16)17-12-8-10-18(3)11-9-12/h4-7,12,15,17H,8-11H2,1-3H3. The summed E-state index contributed by atoms with van der Waals surface area (Å²) in [5.41, 5.74) is 1.15. The van der Waals surface area contributed by atoms with Gasteiger partial charge in [-0.1, -0.05) is 18.2 Å². The molecule has 0 radical (unpaired) electrons. The first kappa shape index (κ1) is 12.9. The minimum absolute atomic E-state index is 0.160. The Hall–Kier alpha value is -1.06. The summed E-state index contributed by atoms with van der Waals surface area (Å²) in [4.78, 5) is 2.41. The van der Waals surface area contributed by atoms with Gasteiger partial charge in [-0.3, -0.25) is 0 Å². The van der Waals surface area contributed by atoms with Gasteiger partial charge in [0.2, 0.25) is 0 Å². The highest BCUT2D eigenvalue weighted by atomic mass is 16.5. The first-order valence-electron chi connectivity index (χ1n) is 7.29. The Morgan fingerprint density at radius 3 is 2.63 bits per heavy atom. The van der Waals surface area contributed by atoms with Crippen molar-refractivity contribution in [1.29, 1.82) is 0 Å². The van der Waals surface area contributed by atoms with Gasteiger partial charge in [-0.15, -0.1) is 0 Å². The molecule has 1 atom stereocenters. The Labute approximate surface area is 115 Å². The van der Waals surface area contributed by atoms with Crippen molar-refractivity contribution < 1.29 is 4.74 Å². The summed E-state index contributed by atoms with van der Waals surface area (Å²) in [6, 6.07) is 9.33. The molecule has 0 bridgehead atoms. The third-order valence-electron chi connectivity index (χ3n) is 4.42. The molecule has 3 nitrogen and oxygen atoms in total. The van der Waals surface area contributed by atoms with Crippen LogP contribution >= 0.6 is 0 Å². The number of ether oxygens (including phenoxy) is 1. The van der Waals surface area contributed by atoms with E-state index >= 15 is 0 Å². The molecule has 0 amide bonds. The van der Waals surface area contributed by atoms with Gasteiger partial charge < -0.3 is 15.0 Å². The van der Waals surface area contributed by atoms with Crippen LogP contribution in [0.5, 0.6) is 5.75 Å². The maximum absolute atomic E-state index is 6.10. The van der Waals surface area contributed by atoms with E-state index in [0.717, 1.165) is 5.75 Å². The van der Waals surface area contributed by atoms with Crippen LogP contribution in [0.25, 0.3) is 0 Å². The zero-order chi connectivity index (χ0) is 13.5. The third kappa shape index (κ3) is 2.49. The highest BCUT2D eigenvalue weighted by molar-refractivity contribution is 5.42. The van der Waals surface area contributed by atoms with E-state index in [-0.39, 0.29) is 5.60 Å². The summed E-state index contributed by atoms with van der Waals surface area (Å²) in [6.07, 6.45) is 2.45. The molecular formula is C16H24N2O. The van der Waals surface area contributed by atoms with Crippen molar-refractivity contribution in [2.45, 2.75) is 44.4 Å². The molecule has 1 fully saturated rings. The molecule has 2 aliphatic heterocycles. The summed E-state index contributed by atoms with van der Waals surface area (Å²) < 4.78 is 6.10. The molecule has 0 aromatic heterocycles. The average molecular weight is 260 g/mol. The van der Waals surface area contributed by atoms with Crippen molar-refractivity contribution in [2.24, 2.45) is 0 Å². The van der Waals surface area contributed by atoms with Gasteiger partial charge in [0.25, 0.3) is 0 Å². The predicted octanol–water partition coefficient (Wildman–Crippen LogP) is 2.58. The van der Waals surface area contributed by atoms with Crippen LogP contribution in [0.15, 0.2) is 24.3 Å². The zero-order valence-corrected chi connectivity index (χ0v) is 12.1. The van der Waals surface area contributed by atoms with Crippen molar-refractivity contribution in [3.8, 4) is 5.75 Å². The van der Waals surface area contributed by atoms with Crippen molar-refractivity contribution in [2.75, 3.05) is 20.1 Å². The SMILES string of the molecule is CN1CCC(NC2c3ccccc3OC2(C)C)CC1. The Kier molecular flexibility index (Phi) is 3.27. The van der Waals surface area contributed by atoms with Crippen molar-refractivity contribution in [3.05, 3.63) is 29.8 Å². The minimum atomic E-state index is -0.160. The van der Waals surface area contributed by atoms with Gasteiger partial charge in [-0.2, -0.15) is 0 Å². The van der Waals surface area contributed by atoms with Crippen molar-refractivity contribution in [3.63, 3.8) is 0 Å².